The molecular weight excluding hydrogens is 423 g/mol. The number of carbonyl (C=O) groups is 1. The van der Waals surface area contributed by atoms with Crippen LogP contribution < -0.4 is 14.8 Å². The number of carbonyl (C=O) groups excluding carboxylic acids is 1. The Morgan fingerprint density at radius 3 is 2.32 bits per heavy atom. The first-order valence-corrected chi connectivity index (χ1v) is 11.0. The molecule has 2 aromatic carbocycles. The SMILES string of the molecule is CC(C)Oc1ccc(NC(=O)c2cc(S(=O)(=O)NC3CC3)c(Cl)cc2Cl)cc1. The number of nitrogens with one attached hydrogen (secondary N) is 2. The molecule has 1 aliphatic carbocycles. The second-order valence-corrected chi connectivity index (χ2v) is 9.30. The molecule has 0 radical (unpaired) electrons. The maximum atomic E-state index is 12.6. The zero-order valence-corrected chi connectivity index (χ0v) is 17.7. The van der Waals surface area contributed by atoms with Gasteiger partial charge in [0.05, 0.1) is 21.7 Å². The van der Waals surface area contributed by atoms with E-state index < -0.39 is 15.9 Å². The number of sulfonamides is 1. The standard InChI is InChI=1S/C19H20Cl2N2O4S/c1-11(2)27-14-7-5-12(6-8-14)22-19(24)15-9-18(17(21)10-16(15)20)28(25,26)23-13-3-4-13/h5-11,13,23H,3-4H2,1-2H3,(H,22,24). The van der Waals surface area contributed by atoms with E-state index in [1.165, 1.54) is 12.1 Å². The highest BCUT2D eigenvalue weighted by molar-refractivity contribution is 7.89. The van der Waals surface area contributed by atoms with Gasteiger partial charge >= 0.3 is 0 Å². The number of rotatable bonds is 7. The molecule has 0 saturated heterocycles. The summed E-state index contributed by atoms with van der Waals surface area (Å²) in [7, 11) is -3.83. The summed E-state index contributed by atoms with van der Waals surface area (Å²) in [5, 5.41) is 2.72. The van der Waals surface area contributed by atoms with Crippen LogP contribution in [0.2, 0.25) is 10.0 Å². The fourth-order valence-electron chi connectivity index (χ4n) is 2.48. The average molecular weight is 443 g/mol. The van der Waals surface area contributed by atoms with Crippen molar-refractivity contribution in [3.8, 4) is 5.75 Å². The van der Waals surface area contributed by atoms with Gasteiger partial charge in [-0.15, -0.1) is 0 Å². The molecular formula is C19H20Cl2N2O4S. The Balaban J connectivity index is 1.82. The number of ether oxygens (including phenoxy) is 1. The minimum absolute atomic E-state index is 0.0183. The lowest BCUT2D eigenvalue weighted by Crippen LogP contribution is -2.26. The van der Waals surface area contributed by atoms with Crippen LogP contribution in [0.1, 0.15) is 37.0 Å². The first kappa shape index (κ1) is 20.9. The van der Waals surface area contributed by atoms with Gasteiger partial charge in [0.15, 0.2) is 0 Å². The third kappa shape index (κ3) is 5.17. The topological polar surface area (TPSA) is 84.5 Å². The van der Waals surface area contributed by atoms with E-state index in [0.717, 1.165) is 12.8 Å². The minimum atomic E-state index is -3.83. The average Bonchev–Trinajstić information content (AvgIpc) is 3.39. The van der Waals surface area contributed by atoms with Crippen LogP contribution in [0.5, 0.6) is 5.75 Å². The molecule has 0 bridgehead atoms. The van der Waals surface area contributed by atoms with E-state index in [4.69, 9.17) is 27.9 Å². The highest BCUT2D eigenvalue weighted by Gasteiger charge is 2.30. The highest BCUT2D eigenvalue weighted by Crippen LogP contribution is 2.31. The molecule has 2 N–H and O–H groups in total. The molecule has 3 rings (SSSR count). The lowest BCUT2D eigenvalue weighted by atomic mass is 10.2. The van der Waals surface area contributed by atoms with Crippen molar-refractivity contribution in [2.24, 2.45) is 0 Å². The van der Waals surface area contributed by atoms with Crippen LogP contribution in [0.4, 0.5) is 5.69 Å². The smallest absolute Gasteiger partial charge is 0.257 e. The molecule has 28 heavy (non-hydrogen) atoms. The molecule has 9 heteroatoms. The summed E-state index contributed by atoms with van der Waals surface area (Å²) < 4.78 is 33.1. The Bertz CT molecular complexity index is 988. The second-order valence-electron chi connectivity index (χ2n) is 6.80. The number of benzene rings is 2. The summed E-state index contributed by atoms with van der Waals surface area (Å²) in [6.45, 7) is 3.84. The van der Waals surface area contributed by atoms with Crippen molar-refractivity contribution in [1.29, 1.82) is 0 Å². The fraction of sp³-hybridized carbons (Fsp3) is 0.316. The molecule has 0 aromatic heterocycles. The molecule has 0 aliphatic heterocycles. The molecule has 0 heterocycles. The number of halogens is 2. The van der Waals surface area contributed by atoms with E-state index in [1.54, 1.807) is 24.3 Å². The molecule has 2 aromatic rings. The van der Waals surface area contributed by atoms with E-state index in [-0.39, 0.29) is 32.7 Å². The molecule has 6 nitrogen and oxygen atoms in total. The third-order valence-corrected chi connectivity index (χ3v) is 6.24. The fourth-order valence-corrected chi connectivity index (χ4v) is 4.64. The largest absolute Gasteiger partial charge is 0.491 e. The van der Waals surface area contributed by atoms with Crippen LogP contribution in [-0.4, -0.2) is 26.5 Å². The Kier molecular flexibility index (Phi) is 6.19. The lowest BCUT2D eigenvalue weighted by molar-refractivity contribution is 0.102. The Morgan fingerprint density at radius 1 is 1.11 bits per heavy atom. The van der Waals surface area contributed by atoms with Gasteiger partial charge in [0, 0.05) is 11.7 Å². The number of amides is 1. The molecule has 1 fully saturated rings. The summed E-state index contributed by atoms with van der Waals surface area (Å²) in [5.41, 5.74) is 0.539. The van der Waals surface area contributed by atoms with Crippen LogP contribution in [0, 0.1) is 0 Å². The van der Waals surface area contributed by atoms with Crippen molar-refractivity contribution in [2.45, 2.75) is 43.7 Å². The predicted octanol–water partition coefficient (Wildman–Crippen LogP) is 4.47. The monoisotopic (exact) mass is 442 g/mol. The van der Waals surface area contributed by atoms with E-state index in [1.807, 2.05) is 13.8 Å². The van der Waals surface area contributed by atoms with Crippen LogP contribution >= 0.6 is 23.2 Å². The zero-order valence-electron chi connectivity index (χ0n) is 15.3. The first-order valence-electron chi connectivity index (χ1n) is 8.75. The number of hydrogen-bond donors (Lipinski definition) is 2. The Morgan fingerprint density at radius 2 is 1.75 bits per heavy atom. The van der Waals surface area contributed by atoms with Crippen molar-refractivity contribution >= 4 is 44.8 Å². The summed E-state index contributed by atoms with van der Waals surface area (Å²) in [4.78, 5) is 12.5. The highest BCUT2D eigenvalue weighted by atomic mass is 35.5. The molecule has 0 spiro atoms. The molecule has 0 atom stereocenters. The van der Waals surface area contributed by atoms with E-state index >= 15 is 0 Å². The summed E-state index contributed by atoms with van der Waals surface area (Å²) in [6, 6.07) is 9.21. The Hall–Kier alpha value is -1.80. The van der Waals surface area contributed by atoms with Crippen molar-refractivity contribution in [3.63, 3.8) is 0 Å². The molecule has 1 saturated carbocycles. The number of anilines is 1. The molecule has 0 unspecified atom stereocenters. The summed E-state index contributed by atoms with van der Waals surface area (Å²) in [6.07, 6.45) is 1.61. The first-order chi connectivity index (χ1) is 13.2. The molecule has 150 valence electrons. The van der Waals surface area contributed by atoms with Gasteiger partial charge < -0.3 is 10.1 Å². The van der Waals surface area contributed by atoms with Crippen molar-refractivity contribution in [1.82, 2.24) is 4.72 Å². The van der Waals surface area contributed by atoms with Crippen LogP contribution in [0.15, 0.2) is 41.3 Å². The Labute approximate surface area is 174 Å². The third-order valence-electron chi connectivity index (χ3n) is 3.94. The van der Waals surface area contributed by atoms with Gasteiger partial charge in [-0.1, -0.05) is 23.2 Å². The minimum Gasteiger partial charge on any atom is -0.491 e. The van der Waals surface area contributed by atoms with Crippen molar-refractivity contribution in [3.05, 3.63) is 52.0 Å². The van der Waals surface area contributed by atoms with Crippen molar-refractivity contribution < 1.29 is 17.9 Å². The van der Waals surface area contributed by atoms with Crippen LogP contribution in [-0.2, 0) is 10.0 Å². The summed E-state index contributed by atoms with van der Waals surface area (Å²) in [5.74, 6) is 0.138. The van der Waals surface area contributed by atoms with Crippen molar-refractivity contribution in [2.75, 3.05) is 5.32 Å². The van der Waals surface area contributed by atoms with E-state index in [9.17, 15) is 13.2 Å². The zero-order chi connectivity index (χ0) is 20.5. The van der Waals surface area contributed by atoms with Gasteiger partial charge in [-0.3, -0.25) is 4.79 Å². The van der Waals surface area contributed by atoms with Gasteiger partial charge in [-0.25, -0.2) is 13.1 Å². The van der Waals surface area contributed by atoms with Gasteiger partial charge in [-0.2, -0.15) is 0 Å². The lowest BCUT2D eigenvalue weighted by Gasteiger charge is -2.13. The second kappa shape index (κ2) is 8.29. The molecule has 1 amide bonds. The van der Waals surface area contributed by atoms with Crippen LogP contribution in [0.3, 0.4) is 0 Å². The predicted molar refractivity (Wildman–Crippen MR) is 110 cm³/mol. The summed E-state index contributed by atoms with van der Waals surface area (Å²) >= 11 is 12.2. The van der Waals surface area contributed by atoms with E-state index in [0.29, 0.717) is 11.4 Å². The quantitative estimate of drug-likeness (QED) is 0.661. The molecule has 1 aliphatic rings. The van der Waals surface area contributed by atoms with Gasteiger partial charge in [0.25, 0.3) is 5.91 Å². The van der Waals surface area contributed by atoms with Gasteiger partial charge in [0.2, 0.25) is 10.0 Å². The normalized spacial score (nSPS) is 14.2. The van der Waals surface area contributed by atoms with Crippen LogP contribution in [0.25, 0.3) is 0 Å². The van der Waals surface area contributed by atoms with Gasteiger partial charge in [-0.05, 0) is 63.1 Å². The van der Waals surface area contributed by atoms with E-state index in [2.05, 4.69) is 10.0 Å². The van der Waals surface area contributed by atoms with Gasteiger partial charge in [0.1, 0.15) is 10.6 Å². The number of hydrogen-bond acceptors (Lipinski definition) is 4. The maximum absolute atomic E-state index is 12.6. The maximum Gasteiger partial charge on any atom is 0.257 e.